The van der Waals surface area contributed by atoms with E-state index in [1.807, 2.05) is 0 Å². The van der Waals surface area contributed by atoms with Gasteiger partial charge in [-0.25, -0.2) is 8.42 Å². The quantitative estimate of drug-likeness (QED) is 0.807. The third kappa shape index (κ3) is 3.03. The van der Waals surface area contributed by atoms with E-state index >= 15 is 0 Å². The lowest BCUT2D eigenvalue weighted by Gasteiger charge is -2.10. The van der Waals surface area contributed by atoms with E-state index in [2.05, 4.69) is 10.6 Å². The monoisotopic (exact) mass is 358 g/mol. The van der Waals surface area contributed by atoms with Gasteiger partial charge in [0, 0.05) is 5.69 Å². The van der Waals surface area contributed by atoms with Gasteiger partial charge < -0.3 is 5.32 Å². The highest BCUT2D eigenvalue weighted by Gasteiger charge is 2.27. The average molecular weight is 358 g/mol. The van der Waals surface area contributed by atoms with Gasteiger partial charge in [0.15, 0.2) is 9.84 Å². The lowest BCUT2D eigenvalue weighted by molar-refractivity contribution is 0.0878. The van der Waals surface area contributed by atoms with Crippen molar-refractivity contribution in [3.63, 3.8) is 0 Å². The summed E-state index contributed by atoms with van der Waals surface area (Å²) in [5.74, 6) is -1.77. The number of rotatable bonds is 4. The molecule has 0 bridgehead atoms. The Morgan fingerprint density at radius 1 is 1.04 bits per heavy atom. The minimum Gasteiger partial charge on any atom is -0.322 e. The average Bonchev–Trinajstić information content (AvgIpc) is 2.88. The molecule has 1 heterocycles. The highest BCUT2D eigenvalue weighted by atomic mass is 32.2. The van der Waals surface area contributed by atoms with Gasteiger partial charge in [-0.15, -0.1) is 0 Å². The van der Waals surface area contributed by atoms with Crippen molar-refractivity contribution in [1.82, 2.24) is 5.32 Å². The highest BCUT2D eigenvalue weighted by Crippen LogP contribution is 2.22. The van der Waals surface area contributed by atoms with Crippen molar-refractivity contribution in [3.05, 3.63) is 59.2 Å². The summed E-state index contributed by atoms with van der Waals surface area (Å²) >= 11 is 0. The number of benzene rings is 2. The van der Waals surface area contributed by atoms with Gasteiger partial charge >= 0.3 is 0 Å². The number of sulfone groups is 1. The van der Waals surface area contributed by atoms with Gasteiger partial charge in [-0.1, -0.05) is 19.1 Å². The molecule has 8 heteroatoms. The van der Waals surface area contributed by atoms with Crippen LogP contribution in [0.15, 0.2) is 47.4 Å². The van der Waals surface area contributed by atoms with E-state index in [9.17, 15) is 22.8 Å². The summed E-state index contributed by atoms with van der Waals surface area (Å²) in [6, 6.07) is 10.2. The van der Waals surface area contributed by atoms with Crippen LogP contribution in [-0.2, 0) is 9.84 Å². The molecule has 0 fully saturated rings. The number of carbonyl (C=O) groups excluding carboxylic acids is 3. The predicted molar refractivity (Wildman–Crippen MR) is 90.4 cm³/mol. The number of imide groups is 1. The Morgan fingerprint density at radius 2 is 1.72 bits per heavy atom. The predicted octanol–water partition coefficient (Wildman–Crippen LogP) is 1.62. The normalized spacial score (nSPS) is 13.3. The fourth-order valence-electron chi connectivity index (χ4n) is 2.53. The van der Waals surface area contributed by atoms with Crippen LogP contribution < -0.4 is 10.6 Å². The largest absolute Gasteiger partial charge is 0.322 e. The first-order valence-corrected chi connectivity index (χ1v) is 9.11. The number of fused-ring (bicyclic) bond motifs is 1. The zero-order valence-corrected chi connectivity index (χ0v) is 14.0. The van der Waals surface area contributed by atoms with E-state index in [0.717, 1.165) is 0 Å². The van der Waals surface area contributed by atoms with Crippen molar-refractivity contribution >= 4 is 33.2 Å². The molecule has 2 aromatic carbocycles. The van der Waals surface area contributed by atoms with E-state index < -0.39 is 27.6 Å². The van der Waals surface area contributed by atoms with Crippen LogP contribution >= 0.6 is 0 Å². The van der Waals surface area contributed by atoms with Crippen LogP contribution in [0.5, 0.6) is 0 Å². The molecule has 0 saturated heterocycles. The van der Waals surface area contributed by atoms with Gasteiger partial charge in [-0.05, 0) is 30.3 Å². The molecule has 128 valence electrons. The maximum absolute atomic E-state index is 12.5. The maximum Gasteiger partial charge on any atom is 0.259 e. The number of hydrogen-bond acceptors (Lipinski definition) is 5. The standard InChI is InChI=1S/C17H14N2O5S/c1-2-25(23,24)14-6-4-3-5-12(14)16(21)18-10-7-8-11-13(9-10)17(22)19-15(11)20/h3-9H,2H2,1H3,(H,18,21)(H,19,20,22). The second-order valence-electron chi connectivity index (χ2n) is 5.40. The Hall–Kier alpha value is -3.00. The SMILES string of the molecule is CCS(=O)(=O)c1ccccc1C(=O)Nc1ccc2c(c1)C(=O)NC2=O. The van der Waals surface area contributed by atoms with Crippen molar-refractivity contribution in [1.29, 1.82) is 0 Å². The molecular weight excluding hydrogens is 344 g/mol. The molecule has 0 radical (unpaired) electrons. The van der Waals surface area contributed by atoms with E-state index in [0.29, 0.717) is 0 Å². The molecular formula is C17H14N2O5S. The van der Waals surface area contributed by atoms with Gasteiger partial charge in [0.25, 0.3) is 17.7 Å². The molecule has 0 aliphatic carbocycles. The van der Waals surface area contributed by atoms with E-state index in [-0.39, 0.29) is 33.0 Å². The minimum absolute atomic E-state index is 0.0189. The van der Waals surface area contributed by atoms with Crippen LogP contribution in [0.2, 0.25) is 0 Å². The fourth-order valence-corrected chi connectivity index (χ4v) is 3.62. The molecule has 1 aliphatic heterocycles. The van der Waals surface area contributed by atoms with Crippen molar-refractivity contribution < 1.29 is 22.8 Å². The maximum atomic E-state index is 12.5. The molecule has 0 unspecified atom stereocenters. The van der Waals surface area contributed by atoms with Gasteiger partial charge in [0.2, 0.25) is 0 Å². The Bertz CT molecular complexity index is 1010. The summed E-state index contributed by atoms with van der Waals surface area (Å²) in [4.78, 5) is 35.7. The van der Waals surface area contributed by atoms with Crippen molar-refractivity contribution in [2.75, 3.05) is 11.1 Å². The van der Waals surface area contributed by atoms with Crippen molar-refractivity contribution in [2.24, 2.45) is 0 Å². The van der Waals surface area contributed by atoms with E-state index in [4.69, 9.17) is 0 Å². The molecule has 2 aromatic rings. The summed E-state index contributed by atoms with van der Waals surface area (Å²) in [6.45, 7) is 1.50. The molecule has 1 aliphatic rings. The Morgan fingerprint density at radius 3 is 2.44 bits per heavy atom. The van der Waals surface area contributed by atoms with Gasteiger partial charge in [0.05, 0.1) is 27.3 Å². The third-order valence-electron chi connectivity index (χ3n) is 3.84. The Labute approximate surface area is 144 Å². The van der Waals surface area contributed by atoms with Crippen LogP contribution in [0, 0.1) is 0 Å². The summed E-state index contributed by atoms with van der Waals surface area (Å²) in [5, 5.41) is 4.73. The highest BCUT2D eigenvalue weighted by molar-refractivity contribution is 7.91. The minimum atomic E-state index is -3.56. The fraction of sp³-hybridized carbons (Fsp3) is 0.118. The molecule has 25 heavy (non-hydrogen) atoms. The Balaban J connectivity index is 1.94. The van der Waals surface area contributed by atoms with E-state index in [1.165, 1.54) is 37.3 Å². The summed E-state index contributed by atoms with van der Waals surface area (Å²) in [5.41, 5.74) is 0.705. The summed E-state index contributed by atoms with van der Waals surface area (Å²) in [6.07, 6.45) is 0. The van der Waals surface area contributed by atoms with Crippen LogP contribution in [-0.4, -0.2) is 31.9 Å². The Kier molecular flexibility index (Phi) is 4.13. The van der Waals surface area contributed by atoms with Crippen LogP contribution in [0.4, 0.5) is 5.69 Å². The number of hydrogen-bond donors (Lipinski definition) is 2. The second kappa shape index (κ2) is 6.14. The molecule has 3 amide bonds. The lowest BCUT2D eigenvalue weighted by Crippen LogP contribution is -2.20. The van der Waals surface area contributed by atoms with E-state index in [1.54, 1.807) is 12.1 Å². The van der Waals surface area contributed by atoms with Gasteiger partial charge in [0.1, 0.15) is 0 Å². The molecule has 0 spiro atoms. The second-order valence-corrected chi connectivity index (χ2v) is 7.64. The van der Waals surface area contributed by atoms with Crippen LogP contribution in [0.1, 0.15) is 38.0 Å². The first kappa shape index (κ1) is 16.8. The number of anilines is 1. The first-order valence-electron chi connectivity index (χ1n) is 7.46. The molecule has 0 aromatic heterocycles. The number of nitrogens with one attached hydrogen (secondary N) is 2. The molecule has 2 N–H and O–H groups in total. The lowest BCUT2D eigenvalue weighted by atomic mass is 10.1. The smallest absolute Gasteiger partial charge is 0.259 e. The number of amides is 3. The molecule has 7 nitrogen and oxygen atoms in total. The van der Waals surface area contributed by atoms with Gasteiger partial charge in [-0.3, -0.25) is 19.7 Å². The number of carbonyl (C=O) groups is 3. The summed E-state index contributed by atoms with van der Waals surface area (Å²) in [7, 11) is -3.56. The van der Waals surface area contributed by atoms with Crippen LogP contribution in [0.3, 0.4) is 0 Å². The first-order chi connectivity index (χ1) is 11.8. The third-order valence-corrected chi connectivity index (χ3v) is 5.63. The molecule has 3 rings (SSSR count). The zero-order valence-electron chi connectivity index (χ0n) is 13.2. The van der Waals surface area contributed by atoms with Crippen LogP contribution in [0.25, 0.3) is 0 Å². The zero-order chi connectivity index (χ0) is 18.2. The summed E-state index contributed by atoms with van der Waals surface area (Å²) < 4.78 is 24.3. The topological polar surface area (TPSA) is 109 Å². The van der Waals surface area contributed by atoms with Gasteiger partial charge in [-0.2, -0.15) is 0 Å². The van der Waals surface area contributed by atoms with Crippen molar-refractivity contribution in [2.45, 2.75) is 11.8 Å². The molecule has 0 saturated carbocycles. The molecule has 0 atom stereocenters. The van der Waals surface area contributed by atoms with Crippen molar-refractivity contribution in [3.8, 4) is 0 Å².